The summed E-state index contributed by atoms with van der Waals surface area (Å²) in [5.41, 5.74) is 2.35. The molecule has 0 bridgehead atoms. The van der Waals surface area contributed by atoms with E-state index in [1.165, 1.54) is 0 Å². The first-order valence-corrected chi connectivity index (χ1v) is 8.82. The Labute approximate surface area is 152 Å². The fourth-order valence-electron chi connectivity index (χ4n) is 2.24. The van der Waals surface area contributed by atoms with Crippen LogP contribution in [0.1, 0.15) is 28.4 Å². The van der Waals surface area contributed by atoms with Crippen LogP contribution in [-0.2, 0) is 13.1 Å². The number of benzene rings is 2. The van der Waals surface area contributed by atoms with Gasteiger partial charge < -0.3 is 20.0 Å². The first-order valence-electron chi connectivity index (χ1n) is 7.24. The van der Waals surface area contributed by atoms with Gasteiger partial charge in [0.2, 0.25) is 0 Å². The summed E-state index contributed by atoms with van der Waals surface area (Å²) in [4.78, 5) is 10.7. The molecule has 2 N–H and O–H groups in total. The van der Waals surface area contributed by atoms with Crippen molar-refractivity contribution >= 4 is 37.8 Å². The van der Waals surface area contributed by atoms with Gasteiger partial charge in [0.05, 0.1) is 22.6 Å². The summed E-state index contributed by atoms with van der Waals surface area (Å²) >= 11 is 7.02. The molecule has 0 radical (unpaired) electrons. The van der Waals surface area contributed by atoms with Gasteiger partial charge in [0.15, 0.2) is 0 Å². The van der Waals surface area contributed by atoms with E-state index in [0.29, 0.717) is 6.61 Å². The normalized spacial score (nSPS) is 10.6. The molecule has 0 atom stereocenters. The lowest BCUT2D eigenvalue weighted by molar-refractivity contribution is -0.686. The maximum absolute atomic E-state index is 10.7. The maximum Gasteiger partial charge on any atom is 0.142 e. The quantitative estimate of drug-likeness (QED) is 0.714. The lowest BCUT2D eigenvalue weighted by Crippen LogP contribution is -2.80. The molecule has 0 unspecified atom stereocenters. The second-order valence-corrected chi connectivity index (χ2v) is 6.76. The Kier molecular flexibility index (Phi) is 6.62. The Morgan fingerprint density at radius 3 is 2.48 bits per heavy atom. The number of carbonyl (C=O) groups is 1. The molecular formula is C17H17Br2NO3. The minimum Gasteiger partial charge on any atom is -0.545 e. The molecule has 2 rings (SSSR count). The molecule has 0 amide bonds. The van der Waals surface area contributed by atoms with Crippen LogP contribution in [0.5, 0.6) is 5.75 Å². The van der Waals surface area contributed by atoms with Crippen molar-refractivity contribution in [1.82, 2.24) is 0 Å². The molecule has 0 fully saturated rings. The molecule has 0 aliphatic carbocycles. The topological polar surface area (TPSA) is 66.0 Å². The summed E-state index contributed by atoms with van der Waals surface area (Å²) in [7, 11) is 0. The van der Waals surface area contributed by atoms with E-state index in [0.717, 1.165) is 38.9 Å². The van der Waals surface area contributed by atoms with E-state index in [1.807, 2.05) is 31.2 Å². The fraction of sp³-hybridized carbons (Fsp3) is 0.235. The van der Waals surface area contributed by atoms with Crippen LogP contribution in [-0.4, -0.2) is 12.6 Å². The SMILES string of the molecule is CCOc1c(Br)cc(Br)cc1C[NH2+]Cc1ccc(C(=O)[O-])cc1. The lowest BCUT2D eigenvalue weighted by Gasteiger charge is -2.12. The minimum absolute atomic E-state index is 0.198. The van der Waals surface area contributed by atoms with Gasteiger partial charge in [0.1, 0.15) is 18.8 Å². The Hall–Kier alpha value is -1.37. The number of ether oxygens (including phenoxy) is 1. The number of carboxylic acids is 1. The van der Waals surface area contributed by atoms with Crippen LogP contribution in [0.2, 0.25) is 0 Å². The number of carboxylic acid groups (broad SMARTS) is 1. The van der Waals surface area contributed by atoms with Crippen molar-refractivity contribution in [2.24, 2.45) is 0 Å². The first-order chi connectivity index (χ1) is 11.0. The Balaban J connectivity index is 2.02. The molecule has 6 heteroatoms. The smallest absolute Gasteiger partial charge is 0.142 e. The van der Waals surface area contributed by atoms with Crippen molar-refractivity contribution in [2.75, 3.05) is 6.61 Å². The van der Waals surface area contributed by atoms with Crippen molar-refractivity contribution in [1.29, 1.82) is 0 Å². The number of rotatable bonds is 7. The predicted octanol–water partition coefficient (Wildman–Crippen LogP) is 2.24. The molecule has 0 aliphatic rings. The molecule has 2 aromatic carbocycles. The van der Waals surface area contributed by atoms with E-state index in [1.54, 1.807) is 12.1 Å². The van der Waals surface area contributed by atoms with Gasteiger partial charge in [-0.25, -0.2) is 0 Å². The largest absolute Gasteiger partial charge is 0.545 e. The summed E-state index contributed by atoms with van der Waals surface area (Å²) in [5, 5.41) is 12.9. The molecule has 0 aliphatic heterocycles. The molecule has 122 valence electrons. The number of aromatic carboxylic acids is 1. The van der Waals surface area contributed by atoms with Crippen LogP contribution in [0, 0.1) is 0 Å². The lowest BCUT2D eigenvalue weighted by atomic mass is 10.1. The monoisotopic (exact) mass is 441 g/mol. The summed E-state index contributed by atoms with van der Waals surface area (Å²) in [6, 6.07) is 10.8. The molecule has 2 aromatic rings. The Bertz CT molecular complexity index is 687. The van der Waals surface area contributed by atoms with Gasteiger partial charge in [0.25, 0.3) is 0 Å². The predicted molar refractivity (Wildman–Crippen MR) is 93.1 cm³/mol. The van der Waals surface area contributed by atoms with Crippen molar-refractivity contribution < 1.29 is 20.0 Å². The summed E-state index contributed by atoms with van der Waals surface area (Å²) < 4.78 is 7.63. The molecular weight excluding hydrogens is 426 g/mol. The van der Waals surface area contributed by atoms with Crippen LogP contribution < -0.4 is 15.2 Å². The number of nitrogens with two attached hydrogens (primary N) is 1. The van der Waals surface area contributed by atoms with Gasteiger partial charge in [-0.3, -0.25) is 0 Å². The molecule has 23 heavy (non-hydrogen) atoms. The second kappa shape index (κ2) is 8.47. The molecule has 0 aromatic heterocycles. The zero-order chi connectivity index (χ0) is 16.8. The molecule has 0 spiro atoms. The zero-order valence-electron chi connectivity index (χ0n) is 12.6. The summed E-state index contributed by atoms with van der Waals surface area (Å²) in [6.45, 7) is 4.08. The molecule has 0 saturated heterocycles. The van der Waals surface area contributed by atoms with E-state index in [9.17, 15) is 9.90 Å². The molecule has 4 nitrogen and oxygen atoms in total. The maximum atomic E-state index is 10.7. The first kappa shape index (κ1) is 18.0. The number of quaternary nitrogens is 1. The summed E-state index contributed by atoms with van der Waals surface area (Å²) in [5.74, 6) is -0.292. The van der Waals surface area contributed by atoms with Crippen molar-refractivity contribution in [3.05, 3.63) is 62.0 Å². The van der Waals surface area contributed by atoms with Gasteiger partial charge in [-0.15, -0.1) is 0 Å². The van der Waals surface area contributed by atoms with Gasteiger partial charge in [-0.2, -0.15) is 0 Å². The second-order valence-electron chi connectivity index (χ2n) is 4.99. The third-order valence-electron chi connectivity index (χ3n) is 3.31. The third kappa shape index (κ3) is 5.06. The minimum atomic E-state index is -1.15. The number of hydrogen-bond acceptors (Lipinski definition) is 3. The van der Waals surface area contributed by atoms with Gasteiger partial charge in [-0.1, -0.05) is 40.2 Å². The van der Waals surface area contributed by atoms with E-state index >= 15 is 0 Å². The standard InChI is InChI=1S/C17H17Br2NO3/c1-2-23-16-13(7-14(18)8-15(16)19)10-20-9-11-3-5-12(6-4-11)17(21)22/h3-8,20H,2,9-10H2,1H3,(H,21,22). The highest BCUT2D eigenvalue weighted by molar-refractivity contribution is 9.11. The zero-order valence-corrected chi connectivity index (χ0v) is 15.8. The Morgan fingerprint density at radius 2 is 1.87 bits per heavy atom. The fourth-order valence-corrected chi connectivity index (χ4v) is 3.67. The summed E-state index contributed by atoms with van der Waals surface area (Å²) in [6.07, 6.45) is 0. The van der Waals surface area contributed by atoms with Crippen LogP contribution in [0.3, 0.4) is 0 Å². The van der Waals surface area contributed by atoms with Crippen molar-refractivity contribution in [3.63, 3.8) is 0 Å². The number of hydrogen-bond donors (Lipinski definition) is 1. The van der Waals surface area contributed by atoms with Crippen molar-refractivity contribution in [2.45, 2.75) is 20.0 Å². The van der Waals surface area contributed by atoms with Crippen LogP contribution >= 0.6 is 31.9 Å². The van der Waals surface area contributed by atoms with Gasteiger partial charge >= 0.3 is 0 Å². The van der Waals surface area contributed by atoms with Gasteiger partial charge in [-0.05, 0) is 40.5 Å². The van der Waals surface area contributed by atoms with Crippen molar-refractivity contribution in [3.8, 4) is 5.75 Å². The van der Waals surface area contributed by atoms with E-state index in [2.05, 4.69) is 37.2 Å². The third-order valence-corrected chi connectivity index (χ3v) is 4.35. The highest BCUT2D eigenvalue weighted by Crippen LogP contribution is 2.32. The number of carbonyl (C=O) groups excluding carboxylic acids is 1. The average Bonchev–Trinajstić information content (AvgIpc) is 2.51. The Morgan fingerprint density at radius 1 is 1.17 bits per heavy atom. The molecule has 0 saturated carbocycles. The van der Waals surface area contributed by atoms with Crippen LogP contribution in [0.25, 0.3) is 0 Å². The van der Waals surface area contributed by atoms with E-state index < -0.39 is 5.97 Å². The average molecular weight is 443 g/mol. The highest BCUT2D eigenvalue weighted by Gasteiger charge is 2.11. The van der Waals surface area contributed by atoms with Gasteiger partial charge in [0, 0.05) is 10.0 Å². The van der Waals surface area contributed by atoms with Crippen LogP contribution in [0.4, 0.5) is 0 Å². The van der Waals surface area contributed by atoms with E-state index in [-0.39, 0.29) is 5.56 Å². The molecule has 0 heterocycles. The van der Waals surface area contributed by atoms with Crippen LogP contribution in [0.15, 0.2) is 45.3 Å². The van der Waals surface area contributed by atoms with E-state index in [4.69, 9.17) is 4.74 Å². The number of halogens is 2. The highest BCUT2D eigenvalue weighted by atomic mass is 79.9.